The molecule has 0 amide bonds. The van der Waals surface area contributed by atoms with Gasteiger partial charge in [-0.1, -0.05) is 31.2 Å². The van der Waals surface area contributed by atoms with E-state index in [9.17, 15) is 12.8 Å². The molecular weight excluding hydrogens is 363 g/mol. The standard InChI is InChI=1S/C21H27FN2O2S/c1-2-14-24-15-12-19(16-24)18-5-7-20(8-6-18)23-27(25,26)21-9-3-17(4-10-21)11-13-22/h3-10,19,23H,2,11-16H2,1H3/t19-/m1/s1. The lowest BCUT2D eigenvalue weighted by atomic mass is 9.98. The van der Waals surface area contributed by atoms with Crippen LogP contribution in [0.15, 0.2) is 53.4 Å². The minimum absolute atomic E-state index is 0.181. The van der Waals surface area contributed by atoms with Crippen molar-refractivity contribution >= 4 is 15.7 Å². The maximum absolute atomic E-state index is 12.5. The van der Waals surface area contributed by atoms with Crippen LogP contribution in [0.1, 0.15) is 36.8 Å². The Kier molecular flexibility index (Phi) is 6.50. The van der Waals surface area contributed by atoms with E-state index in [1.807, 2.05) is 24.3 Å². The molecule has 3 rings (SSSR count). The van der Waals surface area contributed by atoms with Crippen LogP contribution in [0.4, 0.5) is 10.1 Å². The molecule has 0 bridgehead atoms. The number of benzene rings is 2. The van der Waals surface area contributed by atoms with Gasteiger partial charge >= 0.3 is 0 Å². The van der Waals surface area contributed by atoms with Gasteiger partial charge < -0.3 is 4.90 Å². The molecule has 1 saturated heterocycles. The highest BCUT2D eigenvalue weighted by Gasteiger charge is 2.23. The first kappa shape index (κ1) is 19.8. The lowest BCUT2D eigenvalue weighted by Gasteiger charge is -2.15. The maximum Gasteiger partial charge on any atom is 0.261 e. The molecule has 6 heteroatoms. The van der Waals surface area contributed by atoms with Crippen LogP contribution >= 0.6 is 0 Å². The number of aryl methyl sites for hydroxylation is 1. The molecule has 0 aliphatic carbocycles. The van der Waals surface area contributed by atoms with Crippen molar-refractivity contribution in [1.82, 2.24) is 4.90 Å². The van der Waals surface area contributed by atoms with E-state index < -0.39 is 16.7 Å². The summed E-state index contributed by atoms with van der Waals surface area (Å²) in [5, 5.41) is 0. The average molecular weight is 391 g/mol. The van der Waals surface area contributed by atoms with Crippen LogP contribution in [0.2, 0.25) is 0 Å². The number of hydrogen-bond acceptors (Lipinski definition) is 3. The number of nitrogens with zero attached hydrogens (tertiary/aromatic N) is 1. The largest absolute Gasteiger partial charge is 0.303 e. The summed E-state index contributed by atoms with van der Waals surface area (Å²) in [6.07, 6.45) is 2.62. The van der Waals surface area contributed by atoms with Crippen LogP contribution in [-0.4, -0.2) is 39.6 Å². The second-order valence-electron chi connectivity index (χ2n) is 7.10. The molecule has 0 radical (unpaired) electrons. The zero-order chi connectivity index (χ0) is 19.3. The molecule has 1 aliphatic rings. The molecule has 146 valence electrons. The topological polar surface area (TPSA) is 49.4 Å². The second kappa shape index (κ2) is 8.85. The Bertz CT molecular complexity index is 835. The third kappa shape index (κ3) is 5.08. The first-order chi connectivity index (χ1) is 13.0. The van der Waals surface area contributed by atoms with Gasteiger partial charge in [0.2, 0.25) is 0 Å². The minimum atomic E-state index is -3.65. The second-order valence-corrected chi connectivity index (χ2v) is 8.78. The predicted octanol–water partition coefficient (Wildman–Crippen LogP) is 4.20. The van der Waals surface area contributed by atoms with Gasteiger partial charge in [0, 0.05) is 18.7 Å². The molecule has 1 atom stereocenters. The summed E-state index contributed by atoms with van der Waals surface area (Å²) >= 11 is 0. The normalized spacial score (nSPS) is 17.9. The molecule has 2 aromatic rings. The Morgan fingerprint density at radius 3 is 2.44 bits per heavy atom. The zero-order valence-electron chi connectivity index (χ0n) is 15.7. The summed E-state index contributed by atoms with van der Waals surface area (Å²) < 4.78 is 40.1. The highest BCUT2D eigenvalue weighted by atomic mass is 32.2. The quantitative estimate of drug-likeness (QED) is 0.735. The monoisotopic (exact) mass is 390 g/mol. The summed E-state index contributed by atoms with van der Waals surface area (Å²) in [5.74, 6) is 0.519. The van der Waals surface area contributed by atoms with Gasteiger partial charge in [-0.3, -0.25) is 9.11 Å². The number of halogens is 1. The molecular formula is C21H27FN2O2S. The van der Waals surface area contributed by atoms with E-state index in [2.05, 4.69) is 16.5 Å². The van der Waals surface area contributed by atoms with Gasteiger partial charge in [-0.15, -0.1) is 0 Å². The van der Waals surface area contributed by atoms with E-state index in [0.29, 0.717) is 18.0 Å². The number of anilines is 1. The Morgan fingerprint density at radius 1 is 1.11 bits per heavy atom. The van der Waals surface area contributed by atoms with E-state index in [0.717, 1.165) is 31.6 Å². The van der Waals surface area contributed by atoms with Gasteiger partial charge in [0.25, 0.3) is 10.0 Å². The first-order valence-electron chi connectivity index (χ1n) is 9.52. The maximum atomic E-state index is 12.5. The van der Waals surface area contributed by atoms with Crippen LogP contribution in [0.25, 0.3) is 0 Å². The van der Waals surface area contributed by atoms with Crippen molar-refractivity contribution in [2.45, 2.75) is 37.0 Å². The summed E-state index contributed by atoms with van der Waals surface area (Å²) in [4.78, 5) is 2.66. The average Bonchev–Trinajstić information content (AvgIpc) is 3.12. The highest BCUT2D eigenvalue weighted by molar-refractivity contribution is 7.92. The predicted molar refractivity (Wildman–Crippen MR) is 107 cm³/mol. The van der Waals surface area contributed by atoms with E-state index in [1.54, 1.807) is 12.1 Å². The van der Waals surface area contributed by atoms with Crippen LogP contribution in [0.3, 0.4) is 0 Å². The Balaban J connectivity index is 1.65. The molecule has 27 heavy (non-hydrogen) atoms. The fourth-order valence-corrected chi connectivity index (χ4v) is 4.66. The van der Waals surface area contributed by atoms with Crippen LogP contribution < -0.4 is 4.72 Å². The summed E-state index contributed by atoms with van der Waals surface area (Å²) in [7, 11) is -3.65. The van der Waals surface area contributed by atoms with Gasteiger partial charge in [-0.25, -0.2) is 8.42 Å². The lowest BCUT2D eigenvalue weighted by Crippen LogP contribution is -2.20. The molecule has 0 aromatic heterocycles. The number of hydrogen-bond donors (Lipinski definition) is 1. The van der Waals surface area contributed by atoms with Crippen molar-refractivity contribution in [3.63, 3.8) is 0 Å². The van der Waals surface area contributed by atoms with Gasteiger partial charge in [0.1, 0.15) is 0 Å². The van der Waals surface area contributed by atoms with E-state index >= 15 is 0 Å². The number of rotatable bonds is 8. The fourth-order valence-electron chi connectivity index (χ4n) is 3.61. The third-order valence-corrected chi connectivity index (χ3v) is 6.46. The van der Waals surface area contributed by atoms with Gasteiger partial charge in [0.15, 0.2) is 0 Å². The van der Waals surface area contributed by atoms with E-state index in [-0.39, 0.29) is 4.90 Å². The third-order valence-electron chi connectivity index (χ3n) is 5.06. The first-order valence-corrected chi connectivity index (χ1v) is 11.0. The molecule has 2 aromatic carbocycles. The summed E-state index contributed by atoms with van der Waals surface area (Å²) in [6, 6.07) is 14.0. The number of alkyl halides is 1. The number of sulfonamides is 1. The Morgan fingerprint density at radius 2 is 1.81 bits per heavy atom. The van der Waals surface area contributed by atoms with Crippen molar-refractivity contribution < 1.29 is 12.8 Å². The SMILES string of the molecule is CCCN1CC[C@@H](c2ccc(NS(=O)(=O)c3ccc(CCF)cc3)cc2)C1. The van der Waals surface area contributed by atoms with Crippen LogP contribution in [0, 0.1) is 0 Å². The molecule has 1 aliphatic heterocycles. The lowest BCUT2D eigenvalue weighted by molar-refractivity contribution is 0.335. The number of likely N-dealkylation sites (tertiary alicyclic amines) is 1. The van der Waals surface area contributed by atoms with Crippen LogP contribution in [0.5, 0.6) is 0 Å². The van der Waals surface area contributed by atoms with Crippen molar-refractivity contribution in [1.29, 1.82) is 0 Å². The van der Waals surface area contributed by atoms with Crippen molar-refractivity contribution in [2.75, 3.05) is 31.0 Å². The van der Waals surface area contributed by atoms with E-state index in [4.69, 9.17) is 0 Å². The molecule has 0 spiro atoms. The molecule has 1 fully saturated rings. The van der Waals surface area contributed by atoms with Crippen molar-refractivity contribution in [3.8, 4) is 0 Å². The molecule has 0 saturated carbocycles. The Hall–Kier alpha value is -1.92. The smallest absolute Gasteiger partial charge is 0.261 e. The summed E-state index contributed by atoms with van der Waals surface area (Å²) in [6.45, 7) is 5.09. The summed E-state index contributed by atoms with van der Waals surface area (Å²) in [5.41, 5.74) is 2.59. The minimum Gasteiger partial charge on any atom is -0.303 e. The fraction of sp³-hybridized carbons (Fsp3) is 0.429. The molecule has 1 N–H and O–H groups in total. The van der Waals surface area contributed by atoms with Gasteiger partial charge in [-0.05, 0) is 67.2 Å². The zero-order valence-corrected chi connectivity index (χ0v) is 16.5. The molecule has 0 unspecified atom stereocenters. The molecule has 1 heterocycles. The van der Waals surface area contributed by atoms with Crippen molar-refractivity contribution in [2.24, 2.45) is 0 Å². The van der Waals surface area contributed by atoms with Crippen molar-refractivity contribution in [3.05, 3.63) is 59.7 Å². The van der Waals surface area contributed by atoms with Gasteiger partial charge in [-0.2, -0.15) is 0 Å². The van der Waals surface area contributed by atoms with Crippen LogP contribution in [-0.2, 0) is 16.4 Å². The molecule has 4 nitrogen and oxygen atoms in total. The highest BCUT2D eigenvalue weighted by Crippen LogP contribution is 2.28. The Labute approximate surface area is 161 Å². The van der Waals surface area contributed by atoms with Gasteiger partial charge in [0.05, 0.1) is 11.6 Å². The van der Waals surface area contributed by atoms with E-state index in [1.165, 1.54) is 24.1 Å². The number of nitrogens with one attached hydrogen (secondary N) is 1.